The molecule has 0 aliphatic rings. The van der Waals surface area contributed by atoms with Crippen molar-refractivity contribution in [3.8, 4) is 5.75 Å². The highest BCUT2D eigenvalue weighted by atomic mass is 32.2. The highest BCUT2D eigenvalue weighted by Crippen LogP contribution is 2.26. The molecule has 0 radical (unpaired) electrons. The number of methoxy groups -OCH3 is 1. The van der Waals surface area contributed by atoms with Crippen LogP contribution < -0.4 is 10.2 Å². The first-order valence-electron chi connectivity index (χ1n) is 8.19. The number of sulfone groups is 1. The Morgan fingerprint density at radius 3 is 2.23 bits per heavy atom. The zero-order valence-electron chi connectivity index (χ0n) is 15.2. The number of benzene rings is 2. The van der Waals surface area contributed by atoms with E-state index in [1.165, 1.54) is 19.4 Å². The van der Waals surface area contributed by atoms with E-state index < -0.39 is 15.3 Å². The molecule has 1 N–H and O–H groups in total. The normalized spacial score (nSPS) is 12.3. The Morgan fingerprint density at radius 2 is 1.65 bits per heavy atom. The van der Waals surface area contributed by atoms with Gasteiger partial charge in [-0.2, -0.15) is 0 Å². The third-order valence-electron chi connectivity index (χ3n) is 4.37. The fourth-order valence-electron chi connectivity index (χ4n) is 2.77. The first kappa shape index (κ1) is 18.2. The van der Waals surface area contributed by atoms with Gasteiger partial charge in [0.2, 0.25) is 15.3 Å². The average Bonchev–Trinajstić information content (AvgIpc) is 2.61. The molecule has 0 atom stereocenters. The monoisotopic (exact) mass is 371 g/mol. The number of aromatic nitrogens is 1. The van der Waals surface area contributed by atoms with Crippen LogP contribution in [0.25, 0.3) is 10.9 Å². The summed E-state index contributed by atoms with van der Waals surface area (Å²) in [6, 6.07) is 11.6. The molecular weight excluding hydrogens is 350 g/mol. The van der Waals surface area contributed by atoms with Crippen LogP contribution in [0.4, 0.5) is 0 Å². The quantitative estimate of drug-likeness (QED) is 0.762. The molecule has 26 heavy (non-hydrogen) atoms. The van der Waals surface area contributed by atoms with Crippen molar-refractivity contribution >= 4 is 20.7 Å². The molecule has 0 unspecified atom stereocenters. The molecule has 0 spiro atoms. The maximum atomic E-state index is 13.0. The van der Waals surface area contributed by atoms with Gasteiger partial charge in [0.1, 0.15) is 10.6 Å². The minimum atomic E-state index is -3.93. The van der Waals surface area contributed by atoms with Crippen LogP contribution in [0.1, 0.15) is 26.3 Å². The molecule has 3 aromatic rings. The summed E-state index contributed by atoms with van der Waals surface area (Å²) in [5.41, 5.74) is 0.947. The molecule has 3 rings (SSSR count). The second kappa shape index (κ2) is 6.29. The number of nitrogens with one attached hydrogen (secondary N) is 1. The third-order valence-corrected chi connectivity index (χ3v) is 6.15. The van der Waals surface area contributed by atoms with Gasteiger partial charge in [-0.15, -0.1) is 0 Å². The summed E-state index contributed by atoms with van der Waals surface area (Å²) < 4.78 is 31.1. The van der Waals surface area contributed by atoms with Gasteiger partial charge >= 0.3 is 0 Å². The minimum absolute atomic E-state index is 0.0841. The summed E-state index contributed by atoms with van der Waals surface area (Å²) in [7, 11) is -2.43. The van der Waals surface area contributed by atoms with Gasteiger partial charge in [0.15, 0.2) is 0 Å². The SMILES string of the molecule is COc1ccc2[nH]cc(S(=O)(=O)c3ccc(C(C)(C)C)cc3)c(=O)c2c1. The predicted molar refractivity (Wildman–Crippen MR) is 102 cm³/mol. The molecule has 1 aromatic heterocycles. The minimum Gasteiger partial charge on any atom is -0.497 e. The van der Waals surface area contributed by atoms with Crippen molar-refractivity contribution in [1.29, 1.82) is 0 Å². The lowest BCUT2D eigenvalue weighted by Gasteiger charge is -2.19. The lowest BCUT2D eigenvalue weighted by Crippen LogP contribution is -2.17. The number of pyridine rings is 1. The van der Waals surface area contributed by atoms with Crippen molar-refractivity contribution in [3.05, 3.63) is 64.4 Å². The first-order valence-corrected chi connectivity index (χ1v) is 9.68. The van der Waals surface area contributed by atoms with Gasteiger partial charge in [0.25, 0.3) is 0 Å². The lowest BCUT2D eigenvalue weighted by atomic mass is 9.87. The maximum Gasteiger partial charge on any atom is 0.211 e. The molecule has 6 heteroatoms. The number of rotatable bonds is 3. The zero-order chi connectivity index (χ0) is 19.1. The van der Waals surface area contributed by atoms with E-state index in [-0.39, 0.29) is 20.6 Å². The molecule has 0 saturated heterocycles. The van der Waals surface area contributed by atoms with Crippen molar-refractivity contribution < 1.29 is 13.2 Å². The predicted octanol–water partition coefficient (Wildman–Crippen LogP) is 3.67. The molecule has 136 valence electrons. The Hall–Kier alpha value is -2.60. The maximum absolute atomic E-state index is 13.0. The topological polar surface area (TPSA) is 76.2 Å². The number of ether oxygens (including phenoxy) is 1. The Bertz CT molecular complexity index is 1120. The molecular formula is C20H21NO4S. The molecule has 0 aliphatic carbocycles. The summed E-state index contributed by atoms with van der Waals surface area (Å²) in [5, 5.41) is 0.275. The molecule has 5 nitrogen and oxygen atoms in total. The van der Waals surface area contributed by atoms with Gasteiger partial charge in [-0.25, -0.2) is 8.42 Å². The molecule has 0 fully saturated rings. The van der Waals surface area contributed by atoms with E-state index in [2.05, 4.69) is 25.8 Å². The number of hydrogen-bond donors (Lipinski definition) is 1. The van der Waals surface area contributed by atoms with Crippen LogP contribution >= 0.6 is 0 Å². The van der Waals surface area contributed by atoms with E-state index in [0.29, 0.717) is 11.3 Å². The number of fused-ring (bicyclic) bond motifs is 1. The first-order chi connectivity index (χ1) is 12.1. The highest BCUT2D eigenvalue weighted by molar-refractivity contribution is 7.91. The second-order valence-corrected chi connectivity index (χ2v) is 9.09. The summed E-state index contributed by atoms with van der Waals surface area (Å²) in [6.07, 6.45) is 1.25. The zero-order valence-corrected chi connectivity index (χ0v) is 16.0. The van der Waals surface area contributed by atoms with E-state index in [1.807, 2.05) is 0 Å². The van der Waals surface area contributed by atoms with E-state index in [0.717, 1.165) is 5.56 Å². The summed E-state index contributed by atoms with van der Waals surface area (Å²) >= 11 is 0. The van der Waals surface area contributed by atoms with Crippen LogP contribution in [0.15, 0.2) is 63.2 Å². The van der Waals surface area contributed by atoms with Crippen LogP contribution in [-0.2, 0) is 15.3 Å². The molecule has 0 bridgehead atoms. The number of hydrogen-bond acceptors (Lipinski definition) is 4. The molecule has 2 aromatic carbocycles. The van der Waals surface area contributed by atoms with E-state index in [9.17, 15) is 13.2 Å². The summed E-state index contributed by atoms with van der Waals surface area (Å²) in [4.78, 5) is 15.5. The molecule has 1 heterocycles. The van der Waals surface area contributed by atoms with Crippen LogP contribution in [-0.4, -0.2) is 20.5 Å². The van der Waals surface area contributed by atoms with Crippen molar-refractivity contribution in [2.75, 3.05) is 7.11 Å². The highest BCUT2D eigenvalue weighted by Gasteiger charge is 2.23. The average molecular weight is 371 g/mol. The lowest BCUT2D eigenvalue weighted by molar-refractivity contribution is 0.415. The molecule has 0 aliphatic heterocycles. The Kier molecular flexibility index (Phi) is 4.40. The van der Waals surface area contributed by atoms with Crippen LogP contribution in [0.2, 0.25) is 0 Å². The van der Waals surface area contributed by atoms with E-state index in [4.69, 9.17) is 4.74 Å². The standard InChI is InChI=1S/C20H21NO4S/c1-20(2,3)13-5-8-15(9-6-13)26(23,24)18-12-21-17-10-7-14(25-4)11-16(17)19(18)22/h5-12H,1-4H3,(H,21,22). The van der Waals surface area contributed by atoms with Crippen molar-refractivity contribution in [2.45, 2.75) is 36.0 Å². The second-order valence-electron chi connectivity index (χ2n) is 7.17. The van der Waals surface area contributed by atoms with Gasteiger partial charge in [0, 0.05) is 11.7 Å². The van der Waals surface area contributed by atoms with Gasteiger partial charge in [-0.05, 0) is 41.3 Å². The summed E-state index contributed by atoms with van der Waals surface area (Å²) in [6.45, 7) is 6.16. The van der Waals surface area contributed by atoms with Gasteiger partial charge in [-0.3, -0.25) is 4.79 Å². The third kappa shape index (κ3) is 3.12. The fourth-order valence-corrected chi connectivity index (χ4v) is 4.08. The van der Waals surface area contributed by atoms with E-state index >= 15 is 0 Å². The Labute approximate surface area is 152 Å². The van der Waals surface area contributed by atoms with Crippen molar-refractivity contribution in [1.82, 2.24) is 4.98 Å². The largest absolute Gasteiger partial charge is 0.497 e. The summed E-state index contributed by atoms with van der Waals surface area (Å²) in [5.74, 6) is 0.493. The van der Waals surface area contributed by atoms with Gasteiger partial charge in [0.05, 0.1) is 17.4 Å². The fraction of sp³-hybridized carbons (Fsp3) is 0.250. The van der Waals surface area contributed by atoms with E-state index in [1.54, 1.807) is 36.4 Å². The van der Waals surface area contributed by atoms with Crippen LogP contribution in [0, 0.1) is 0 Å². The molecule has 0 saturated carbocycles. The van der Waals surface area contributed by atoms with Crippen molar-refractivity contribution in [2.24, 2.45) is 0 Å². The van der Waals surface area contributed by atoms with Crippen molar-refractivity contribution in [3.63, 3.8) is 0 Å². The van der Waals surface area contributed by atoms with Crippen LogP contribution in [0.3, 0.4) is 0 Å². The van der Waals surface area contributed by atoms with Gasteiger partial charge < -0.3 is 9.72 Å². The smallest absolute Gasteiger partial charge is 0.211 e. The Morgan fingerprint density at radius 1 is 1.00 bits per heavy atom. The number of aromatic amines is 1. The Balaban J connectivity index is 2.15. The number of H-pyrrole nitrogens is 1. The van der Waals surface area contributed by atoms with Gasteiger partial charge in [-0.1, -0.05) is 32.9 Å². The van der Waals surface area contributed by atoms with Crippen LogP contribution in [0.5, 0.6) is 5.75 Å². The molecule has 0 amide bonds.